The standard InChI is InChI=1S/C26H21F3N6O4/c1-2-18-21(24(37)38)33-22-23(36)32-17-10-16(26(27,28)29)19(11-20(17)35(18)22)34-9-8-14(13-34)12-30-25(39)31-15-6-4-3-5-7-15/h3-11,13H,2,12H2,1H3,(H,32,36)(H,37,38)(H2,30,31,39). The molecule has 2 amide bonds. The number of carbonyl (C=O) groups excluding carboxylic acids is 1. The third-order valence-electron chi connectivity index (χ3n) is 6.14. The number of imidazole rings is 1. The number of benzene rings is 2. The Morgan fingerprint density at radius 3 is 2.54 bits per heavy atom. The summed E-state index contributed by atoms with van der Waals surface area (Å²) in [4.78, 5) is 42.8. The number of rotatable bonds is 6. The summed E-state index contributed by atoms with van der Waals surface area (Å²) in [6.07, 6.45) is -1.74. The van der Waals surface area contributed by atoms with Crippen molar-refractivity contribution < 1.29 is 27.9 Å². The Balaban J connectivity index is 1.57. The Kier molecular flexibility index (Phi) is 6.34. The number of carboxylic acid groups (broad SMARTS) is 1. The van der Waals surface area contributed by atoms with Gasteiger partial charge in [0.15, 0.2) is 5.69 Å². The fraction of sp³-hybridized carbons (Fsp3) is 0.154. The number of nitrogens with zero attached hydrogens (tertiary/aromatic N) is 3. The molecule has 13 heteroatoms. The molecule has 2 aromatic carbocycles. The van der Waals surface area contributed by atoms with Crippen LogP contribution in [-0.4, -0.2) is 36.0 Å². The number of H-pyrrole nitrogens is 1. The number of anilines is 1. The maximum atomic E-state index is 14.1. The second-order valence-corrected chi connectivity index (χ2v) is 8.66. The summed E-state index contributed by atoms with van der Waals surface area (Å²) in [7, 11) is 0. The van der Waals surface area contributed by atoms with Gasteiger partial charge in [-0.05, 0) is 42.3 Å². The highest BCUT2D eigenvalue weighted by Gasteiger charge is 2.35. The van der Waals surface area contributed by atoms with Crippen LogP contribution < -0.4 is 16.2 Å². The normalized spacial score (nSPS) is 11.7. The molecule has 0 unspecified atom stereocenters. The van der Waals surface area contributed by atoms with Gasteiger partial charge in [0, 0.05) is 24.6 Å². The minimum Gasteiger partial charge on any atom is -0.476 e. The lowest BCUT2D eigenvalue weighted by molar-refractivity contribution is -0.137. The first-order chi connectivity index (χ1) is 18.6. The molecule has 4 N–H and O–H groups in total. The SMILES string of the molecule is CCc1c(C(=O)O)nc2c(=O)[nH]c3cc(C(F)(F)F)c(-n4ccc(CNC(=O)Nc5ccccc5)c4)cc3n12. The second-order valence-electron chi connectivity index (χ2n) is 8.66. The van der Waals surface area contributed by atoms with Gasteiger partial charge in [-0.3, -0.25) is 9.20 Å². The Labute approximate surface area is 217 Å². The number of halogens is 3. The van der Waals surface area contributed by atoms with Crippen molar-refractivity contribution in [3.63, 3.8) is 0 Å². The third-order valence-corrected chi connectivity index (χ3v) is 6.14. The number of urea groups is 1. The molecule has 3 aromatic heterocycles. The lowest BCUT2D eigenvalue weighted by Crippen LogP contribution is -2.27. The van der Waals surface area contributed by atoms with Crippen molar-refractivity contribution in [1.82, 2.24) is 24.3 Å². The van der Waals surface area contributed by atoms with Crippen LogP contribution in [0, 0.1) is 0 Å². The lowest BCUT2D eigenvalue weighted by Gasteiger charge is -2.16. The van der Waals surface area contributed by atoms with Crippen LogP contribution in [0.5, 0.6) is 0 Å². The number of carboxylic acids is 1. The van der Waals surface area contributed by atoms with E-state index in [1.54, 1.807) is 43.3 Å². The molecular formula is C26H21F3N6O4. The molecule has 10 nitrogen and oxygen atoms in total. The molecule has 3 heterocycles. The molecule has 0 saturated carbocycles. The first-order valence-electron chi connectivity index (χ1n) is 11.8. The van der Waals surface area contributed by atoms with E-state index in [4.69, 9.17) is 0 Å². The van der Waals surface area contributed by atoms with Crippen molar-refractivity contribution in [2.45, 2.75) is 26.1 Å². The van der Waals surface area contributed by atoms with Crippen molar-refractivity contribution in [2.75, 3.05) is 5.32 Å². The van der Waals surface area contributed by atoms with Crippen molar-refractivity contribution in [2.24, 2.45) is 0 Å². The van der Waals surface area contributed by atoms with Gasteiger partial charge >= 0.3 is 18.2 Å². The number of hydrogen-bond donors (Lipinski definition) is 4. The summed E-state index contributed by atoms with van der Waals surface area (Å²) >= 11 is 0. The molecule has 0 aliphatic heterocycles. The largest absolute Gasteiger partial charge is 0.476 e. The zero-order valence-corrected chi connectivity index (χ0v) is 20.3. The highest BCUT2D eigenvalue weighted by atomic mass is 19.4. The summed E-state index contributed by atoms with van der Waals surface area (Å²) in [5, 5.41) is 14.9. The lowest BCUT2D eigenvalue weighted by atomic mass is 10.1. The molecule has 5 aromatic rings. The van der Waals surface area contributed by atoms with Crippen molar-refractivity contribution in [1.29, 1.82) is 0 Å². The van der Waals surface area contributed by atoms with E-state index >= 15 is 0 Å². The Morgan fingerprint density at radius 1 is 1.13 bits per heavy atom. The first-order valence-corrected chi connectivity index (χ1v) is 11.8. The van der Waals surface area contributed by atoms with Crippen LogP contribution in [0.25, 0.3) is 22.4 Å². The minimum atomic E-state index is -4.78. The number of aryl methyl sites for hydroxylation is 1. The van der Waals surface area contributed by atoms with E-state index in [2.05, 4.69) is 20.6 Å². The molecule has 39 heavy (non-hydrogen) atoms. The Hall–Kier alpha value is -5.07. The topological polar surface area (TPSA) is 134 Å². The minimum absolute atomic E-state index is 0.0433. The summed E-state index contributed by atoms with van der Waals surface area (Å²) in [5.74, 6) is -1.35. The molecule has 0 aliphatic rings. The summed E-state index contributed by atoms with van der Waals surface area (Å²) in [6, 6.07) is 11.9. The zero-order chi connectivity index (χ0) is 27.9. The number of para-hydroxylation sites is 1. The van der Waals surface area contributed by atoms with Crippen LogP contribution in [0.15, 0.2) is 65.7 Å². The smallest absolute Gasteiger partial charge is 0.418 e. The molecular weight excluding hydrogens is 517 g/mol. The Bertz CT molecular complexity index is 1790. The van der Waals surface area contributed by atoms with Crippen LogP contribution in [-0.2, 0) is 19.1 Å². The number of alkyl halides is 3. The number of fused-ring (bicyclic) bond motifs is 3. The Morgan fingerprint density at radius 2 is 1.87 bits per heavy atom. The van der Waals surface area contributed by atoms with E-state index in [-0.39, 0.29) is 46.7 Å². The van der Waals surface area contributed by atoms with Gasteiger partial charge in [-0.15, -0.1) is 0 Å². The number of carbonyl (C=O) groups is 2. The van der Waals surface area contributed by atoms with E-state index in [0.29, 0.717) is 11.3 Å². The molecule has 5 rings (SSSR count). The fourth-order valence-electron chi connectivity index (χ4n) is 4.42. The molecule has 0 spiro atoms. The van der Waals surface area contributed by atoms with Gasteiger partial charge in [-0.2, -0.15) is 13.2 Å². The fourth-order valence-corrected chi connectivity index (χ4v) is 4.42. The average molecular weight is 538 g/mol. The highest BCUT2D eigenvalue weighted by molar-refractivity contribution is 5.90. The van der Waals surface area contributed by atoms with Crippen LogP contribution in [0.4, 0.5) is 23.7 Å². The van der Waals surface area contributed by atoms with Gasteiger partial charge in [0.25, 0.3) is 5.56 Å². The van der Waals surface area contributed by atoms with Crippen LogP contribution in [0.2, 0.25) is 0 Å². The summed E-state index contributed by atoms with van der Waals surface area (Å²) in [6.45, 7) is 1.70. The third kappa shape index (κ3) is 4.81. The summed E-state index contributed by atoms with van der Waals surface area (Å²) in [5.41, 5.74) is -1.34. The van der Waals surface area contributed by atoms with Crippen LogP contribution >= 0.6 is 0 Å². The van der Waals surface area contributed by atoms with E-state index in [9.17, 15) is 32.7 Å². The van der Waals surface area contributed by atoms with Crippen molar-refractivity contribution in [3.05, 3.63) is 93.8 Å². The highest BCUT2D eigenvalue weighted by Crippen LogP contribution is 2.36. The van der Waals surface area contributed by atoms with Crippen LogP contribution in [0.1, 0.15) is 34.2 Å². The number of hydrogen-bond acceptors (Lipinski definition) is 4. The molecule has 0 atom stereocenters. The van der Waals surface area contributed by atoms with Crippen molar-refractivity contribution in [3.8, 4) is 5.69 Å². The molecule has 0 aliphatic carbocycles. The van der Waals surface area contributed by atoms with E-state index < -0.39 is 29.3 Å². The number of amides is 2. The number of nitrogens with one attached hydrogen (secondary N) is 3. The average Bonchev–Trinajstić information content (AvgIpc) is 3.52. The van der Waals surface area contributed by atoms with Gasteiger partial charge < -0.3 is 25.3 Å². The van der Waals surface area contributed by atoms with Gasteiger partial charge in [-0.1, -0.05) is 25.1 Å². The zero-order valence-electron chi connectivity index (χ0n) is 20.3. The van der Waals surface area contributed by atoms with Crippen LogP contribution in [0.3, 0.4) is 0 Å². The van der Waals surface area contributed by atoms with Crippen molar-refractivity contribution >= 4 is 34.4 Å². The van der Waals surface area contributed by atoms with E-state index in [0.717, 1.165) is 6.07 Å². The predicted octanol–water partition coefficient (Wildman–Crippen LogP) is 4.57. The maximum absolute atomic E-state index is 14.1. The monoisotopic (exact) mass is 538 g/mol. The molecule has 0 bridgehead atoms. The summed E-state index contributed by atoms with van der Waals surface area (Å²) < 4.78 is 44.9. The first kappa shape index (κ1) is 25.6. The second kappa shape index (κ2) is 9.67. The van der Waals surface area contributed by atoms with E-state index in [1.807, 2.05) is 0 Å². The van der Waals surface area contributed by atoms with Gasteiger partial charge in [0.05, 0.1) is 28.0 Å². The number of aromatic amines is 1. The van der Waals surface area contributed by atoms with Gasteiger partial charge in [0.2, 0.25) is 5.65 Å². The van der Waals surface area contributed by atoms with E-state index in [1.165, 1.54) is 27.4 Å². The molecule has 0 saturated heterocycles. The van der Waals surface area contributed by atoms with Gasteiger partial charge in [0.1, 0.15) is 0 Å². The number of aromatic carboxylic acids is 1. The number of aromatic nitrogens is 4. The van der Waals surface area contributed by atoms with Gasteiger partial charge in [-0.25, -0.2) is 14.6 Å². The molecule has 0 fully saturated rings. The maximum Gasteiger partial charge on any atom is 0.418 e. The predicted molar refractivity (Wildman–Crippen MR) is 136 cm³/mol. The molecule has 200 valence electrons. The quantitative estimate of drug-likeness (QED) is 0.251. The molecule has 0 radical (unpaired) electrons.